The maximum absolute atomic E-state index is 5.64. The zero-order valence-electron chi connectivity index (χ0n) is 18.2. The average Bonchev–Trinajstić information content (AvgIpc) is 3.48. The molecule has 0 spiro atoms. The zero-order chi connectivity index (χ0) is 22.2. The lowest BCUT2D eigenvalue weighted by Crippen LogP contribution is -1.98. The summed E-state index contributed by atoms with van der Waals surface area (Å²) in [5.74, 6) is 3.01. The summed E-state index contributed by atoms with van der Waals surface area (Å²) in [6, 6.07) is 13.9. The SMILES string of the molecule is COc1cc(-c2cc(OC)c3nnc(-c4ccc5[nH]ccc5c4)n3c2)cc(OC)c1OC. The van der Waals surface area contributed by atoms with Gasteiger partial charge in [-0.3, -0.25) is 4.40 Å². The predicted octanol–water partition coefficient (Wildman–Crippen LogP) is 4.58. The molecule has 0 bridgehead atoms. The molecule has 2 aromatic carbocycles. The molecule has 32 heavy (non-hydrogen) atoms. The molecule has 3 heterocycles. The summed E-state index contributed by atoms with van der Waals surface area (Å²) < 4.78 is 24.1. The first-order chi connectivity index (χ1) is 15.7. The highest BCUT2D eigenvalue weighted by Crippen LogP contribution is 2.42. The number of nitrogens with zero attached hydrogens (tertiary/aromatic N) is 3. The van der Waals surface area contributed by atoms with Crippen molar-refractivity contribution in [1.82, 2.24) is 19.6 Å². The average molecular weight is 430 g/mol. The van der Waals surface area contributed by atoms with Crippen molar-refractivity contribution in [2.45, 2.75) is 0 Å². The Hall–Kier alpha value is -4.20. The number of pyridine rings is 1. The number of hydrogen-bond donors (Lipinski definition) is 1. The third kappa shape index (κ3) is 3.08. The van der Waals surface area contributed by atoms with Crippen LogP contribution in [0.3, 0.4) is 0 Å². The number of H-pyrrole nitrogens is 1. The van der Waals surface area contributed by atoms with Crippen LogP contribution in [0.5, 0.6) is 23.0 Å². The van der Waals surface area contributed by atoms with Crippen LogP contribution in [0.15, 0.2) is 54.9 Å². The Morgan fingerprint density at radius 1 is 0.719 bits per heavy atom. The van der Waals surface area contributed by atoms with Gasteiger partial charge in [0.2, 0.25) is 11.4 Å². The van der Waals surface area contributed by atoms with Crippen molar-refractivity contribution in [2.24, 2.45) is 0 Å². The highest BCUT2D eigenvalue weighted by Gasteiger charge is 2.18. The molecule has 0 aliphatic carbocycles. The minimum Gasteiger partial charge on any atom is -0.493 e. The third-order valence-electron chi connectivity index (χ3n) is 5.50. The summed E-state index contributed by atoms with van der Waals surface area (Å²) in [6.45, 7) is 0. The summed E-state index contributed by atoms with van der Waals surface area (Å²) in [5.41, 5.74) is 4.41. The maximum Gasteiger partial charge on any atom is 0.203 e. The van der Waals surface area contributed by atoms with Gasteiger partial charge < -0.3 is 23.9 Å². The number of fused-ring (bicyclic) bond motifs is 2. The van der Waals surface area contributed by atoms with Gasteiger partial charge in [-0.25, -0.2) is 0 Å². The first-order valence-electron chi connectivity index (χ1n) is 9.97. The van der Waals surface area contributed by atoms with Gasteiger partial charge in [-0.15, -0.1) is 10.2 Å². The Balaban J connectivity index is 1.72. The smallest absolute Gasteiger partial charge is 0.203 e. The van der Waals surface area contributed by atoms with E-state index in [2.05, 4.69) is 21.2 Å². The molecule has 0 saturated heterocycles. The van der Waals surface area contributed by atoms with Crippen molar-refractivity contribution in [3.63, 3.8) is 0 Å². The molecular weight excluding hydrogens is 408 g/mol. The second-order valence-electron chi connectivity index (χ2n) is 7.21. The second-order valence-corrected chi connectivity index (χ2v) is 7.21. The topological polar surface area (TPSA) is 82.9 Å². The Bertz CT molecular complexity index is 1410. The fraction of sp³-hybridized carbons (Fsp3) is 0.167. The Kier molecular flexibility index (Phi) is 4.82. The molecule has 0 amide bonds. The van der Waals surface area contributed by atoms with E-state index in [9.17, 15) is 0 Å². The number of rotatable bonds is 6. The number of hydrogen-bond acceptors (Lipinski definition) is 6. The van der Waals surface area contributed by atoms with Gasteiger partial charge in [0.15, 0.2) is 23.1 Å². The molecule has 0 atom stereocenters. The van der Waals surface area contributed by atoms with Gasteiger partial charge in [0.05, 0.1) is 28.4 Å². The van der Waals surface area contributed by atoms with Crippen LogP contribution in [0.2, 0.25) is 0 Å². The fourth-order valence-electron chi connectivity index (χ4n) is 3.91. The summed E-state index contributed by atoms with van der Waals surface area (Å²) in [7, 11) is 6.40. The largest absolute Gasteiger partial charge is 0.493 e. The number of nitrogens with one attached hydrogen (secondary N) is 1. The van der Waals surface area contributed by atoms with Crippen LogP contribution in [-0.4, -0.2) is 48.0 Å². The summed E-state index contributed by atoms with van der Waals surface area (Å²) in [4.78, 5) is 3.21. The normalized spacial score (nSPS) is 11.1. The lowest BCUT2D eigenvalue weighted by Gasteiger charge is -2.15. The lowest BCUT2D eigenvalue weighted by atomic mass is 10.1. The van der Waals surface area contributed by atoms with E-state index in [-0.39, 0.29) is 0 Å². The highest BCUT2D eigenvalue weighted by molar-refractivity contribution is 5.84. The first kappa shape index (κ1) is 19.7. The highest BCUT2D eigenvalue weighted by atomic mass is 16.5. The maximum atomic E-state index is 5.64. The van der Waals surface area contributed by atoms with E-state index in [1.165, 1.54) is 0 Å². The molecule has 0 aliphatic rings. The van der Waals surface area contributed by atoms with Gasteiger partial charge in [-0.2, -0.15) is 0 Å². The molecule has 0 fully saturated rings. The van der Waals surface area contributed by atoms with Crippen molar-refractivity contribution >= 4 is 16.6 Å². The van der Waals surface area contributed by atoms with Crippen LogP contribution in [0.1, 0.15) is 0 Å². The minimum absolute atomic E-state index is 0.539. The standard InChI is InChI=1S/C24H22N4O4/c1-29-19-10-16(11-20(30-2)22(19)32-4)17-12-21(31-3)24-27-26-23(28(24)13-17)15-5-6-18-14(9-15)7-8-25-18/h5-13,25H,1-4H3. The van der Waals surface area contributed by atoms with E-state index in [4.69, 9.17) is 18.9 Å². The van der Waals surface area contributed by atoms with Crippen LogP contribution < -0.4 is 18.9 Å². The molecule has 1 N–H and O–H groups in total. The van der Waals surface area contributed by atoms with Crippen LogP contribution in [0, 0.1) is 0 Å². The minimum atomic E-state index is 0.539. The number of ether oxygens (including phenoxy) is 4. The Labute approximate surface area is 184 Å². The van der Waals surface area contributed by atoms with Gasteiger partial charge >= 0.3 is 0 Å². The predicted molar refractivity (Wildman–Crippen MR) is 122 cm³/mol. The van der Waals surface area contributed by atoms with Gasteiger partial charge in [0.1, 0.15) is 0 Å². The summed E-state index contributed by atoms with van der Waals surface area (Å²) >= 11 is 0. The van der Waals surface area contributed by atoms with E-state index in [1.807, 2.05) is 53.2 Å². The van der Waals surface area contributed by atoms with E-state index >= 15 is 0 Å². The zero-order valence-corrected chi connectivity index (χ0v) is 18.2. The van der Waals surface area contributed by atoms with Crippen molar-refractivity contribution < 1.29 is 18.9 Å². The van der Waals surface area contributed by atoms with Crippen molar-refractivity contribution in [3.05, 3.63) is 54.9 Å². The van der Waals surface area contributed by atoms with Crippen LogP contribution >= 0.6 is 0 Å². The van der Waals surface area contributed by atoms with Crippen LogP contribution in [-0.2, 0) is 0 Å². The molecule has 8 heteroatoms. The number of benzene rings is 2. The number of aromatic nitrogens is 4. The van der Waals surface area contributed by atoms with Crippen molar-refractivity contribution in [3.8, 4) is 45.5 Å². The van der Waals surface area contributed by atoms with E-state index in [1.54, 1.807) is 28.4 Å². The number of methoxy groups -OCH3 is 4. The molecule has 3 aromatic heterocycles. The quantitative estimate of drug-likeness (QED) is 0.425. The molecule has 0 unspecified atom stereocenters. The summed E-state index contributed by atoms with van der Waals surface area (Å²) in [5, 5.41) is 9.93. The molecule has 162 valence electrons. The molecule has 5 aromatic rings. The number of aromatic amines is 1. The summed E-state index contributed by atoms with van der Waals surface area (Å²) in [6.07, 6.45) is 3.90. The van der Waals surface area contributed by atoms with E-state index < -0.39 is 0 Å². The first-order valence-corrected chi connectivity index (χ1v) is 9.97. The third-order valence-corrected chi connectivity index (χ3v) is 5.50. The molecule has 5 rings (SSSR count). The molecule has 0 aliphatic heterocycles. The van der Waals surface area contributed by atoms with Gasteiger partial charge in [-0.05, 0) is 48.0 Å². The monoisotopic (exact) mass is 430 g/mol. The Morgan fingerprint density at radius 3 is 2.12 bits per heavy atom. The van der Waals surface area contributed by atoms with Crippen molar-refractivity contribution in [1.29, 1.82) is 0 Å². The van der Waals surface area contributed by atoms with Crippen LogP contribution in [0.4, 0.5) is 0 Å². The lowest BCUT2D eigenvalue weighted by molar-refractivity contribution is 0.324. The van der Waals surface area contributed by atoms with E-state index in [0.717, 1.165) is 33.4 Å². The van der Waals surface area contributed by atoms with Gasteiger partial charge in [0, 0.05) is 34.4 Å². The van der Waals surface area contributed by atoms with Crippen molar-refractivity contribution in [2.75, 3.05) is 28.4 Å². The van der Waals surface area contributed by atoms with Gasteiger partial charge in [0.25, 0.3) is 0 Å². The second kappa shape index (κ2) is 7.81. The molecule has 0 saturated carbocycles. The molecule has 0 radical (unpaired) electrons. The van der Waals surface area contributed by atoms with Crippen LogP contribution in [0.25, 0.3) is 39.1 Å². The van der Waals surface area contributed by atoms with Gasteiger partial charge in [-0.1, -0.05) is 0 Å². The molecule has 8 nitrogen and oxygen atoms in total. The molecular formula is C24H22N4O4. The fourth-order valence-corrected chi connectivity index (χ4v) is 3.91. The Morgan fingerprint density at radius 2 is 1.44 bits per heavy atom. The van der Waals surface area contributed by atoms with E-state index in [0.29, 0.717) is 28.6 Å².